The average Bonchev–Trinajstić information content (AvgIpc) is 2.54. The second kappa shape index (κ2) is 7.16. The minimum Gasteiger partial charge on any atom is -0.481 e. The van der Waals surface area contributed by atoms with E-state index in [9.17, 15) is 9.59 Å². The summed E-state index contributed by atoms with van der Waals surface area (Å²) in [6, 6.07) is 8.29. The zero-order valence-corrected chi connectivity index (χ0v) is 14.3. The van der Waals surface area contributed by atoms with Gasteiger partial charge in [0.15, 0.2) is 0 Å². The summed E-state index contributed by atoms with van der Waals surface area (Å²) in [6.45, 7) is 6.09. The molecule has 2 rings (SSSR count). The first-order valence-corrected chi connectivity index (χ1v) is 8.47. The normalized spacial score (nSPS) is 21.7. The van der Waals surface area contributed by atoms with E-state index in [0.29, 0.717) is 12.8 Å². The van der Waals surface area contributed by atoms with Crippen LogP contribution < -0.4 is 5.32 Å². The van der Waals surface area contributed by atoms with Gasteiger partial charge in [0.25, 0.3) is 0 Å². The van der Waals surface area contributed by atoms with Gasteiger partial charge in [-0.1, -0.05) is 37.6 Å². The molecule has 1 saturated carbocycles. The maximum absolute atomic E-state index is 12.6. The van der Waals surface area contributed by atoms with Crippen molar-refractivity contribution in [2.24, 2.45) is 11.8 Å². The van der Waals surface area contributed by atoms with E-state index in [1.807, 2.05) is 13.8 Å². The van der Waals surface area contributed by atoms with Gasteiger partial charge in [0.05, 0.1) is 11.5 Å². The summed E-state index contributed by atoms with van der Waals surface area (Å²) in [7, 11) is 0. The molecule has 1 aliphatic carbocycles. The van der Waals surface area contributed by atoms with Gasteiger partial charge in [-0.15, -0.1) is 0 Å². The Morgan fingerprint density at radius 2 is 1.78 bits per heavy atom. The van der Waals surface area contributed by atoms with E-state index in [0.717, 1.165) is 24.8 Å². The molecule has 1 fully saturated rings. The van der Waals surface area contributed by atoms with Crippen LogP contribution in [-0.4, -0.2) is 17.0 Å². The molecule has 126 valence electrons. The Kier molecular flexibility index (Phi) is 5.45. The van der Waals surface area contributed by atoms with Gasteiger partial charge >= 0.3 is 5.97 Å². The molecule has 23 heavy (non-hydrogen) atoms. The van der Waals surface area contributed by atoms with Gasteiger partial charge < -0.3 is 10.4 Å². The summed E-state index contributed by atoms with van der Waals surface area (Å²) in [5.41, 5.74) is 1.88. The fourth-order valence-corrected chi connectivity index (χ4v) is 3.29. The van der Waals surface area contributed by atoms with E-state index in [-0.39, 0.29) is 17.7 Å². The monoisotopic (exact) mass is 317 g/mol. The van der Waals surface area contributed by atoms with Crippen LogP contribution in [0.1, 0.15) is 57.6 Å². The van der Waals surface area contributed by atoms with Crippen molar-refractivity contribution in [2.45, 2.75) is 58.4 Å². The van der Waals surface area contributed by atoms with E-state index < -0.39 is 11.5 Å². The quantitative estimate of drug-likeness (QED) is 0.873. The Hall–Kier alpha value is -1.84. The number of carbonyl (C=O) groups excluding carboxylic acids is 1. The van der Waals surface area contributed by atoms with E-state index in [1.54, 1.807) is 0 Å². The smallest absolute Gasteiger partial charge is 0.306 e. The molecule has 0 radical (unpaired) electrons. The number of carboxylic acids is 1. The van der Waals surface area contributed by atoms with Gasteiger partial charge in [0.2, 0.25) is 5.91 Å². The number of carboxylic acid groups (broad SMARTS) is 1. The molecule has 4 heteroatoms. The lowest BCUT2D eigenvalue weighted by Crippen LogP contribution is -2.45. The van der Waals surface area contributed by atoms with Crippen molar-refractivity contribution in [1.29, 1.82) is 0 Å². The van der Waals surface area contributed by atoms with E-state index in [4.69, 9.17) is 5.11 Å². The Morgan fingerprint density at radius 1 is 1.17 bits per heavy atom. The fourth-order valence-electron chi connectivity index (χ4n) is 3.29. The number of aryl methyl sites for hydroxylation is 1. The highest BCUT2D eigenvalue weighted by Gasteiger charge is 2.33. The molecule has 0 bridgehead atoms. The van der Waals surface area contributed by atoms with Crippen LogP contribution in [0.3, 0.4) is 0 Å². The van der Waals surface area contributed by atoms with Crippen molar-refractivity contribution in [3.63, 3.8) is 0 Å². The SMILES string of the molecule is CCc1ccc(C(C)(C)NC(=O)C2CCCC(C(=O)O)C2)cc1. The molecule has 0 spiro atoms. The number of nitrogens with one attached hydrogen (secondary N) is 1. The second-order valence-corrected chi connectivity index (χ2v) is 7.06. The molecule has 2 unspecified atom stereocenters. The molecule has 0 aliphatic heterocycles. The molecule has 0 saturated heterocycles. The van der Waals surface area contributed by atoms with Crippen LogP contribution in [0.5, 0.6) is 0 Å². The topological polar surface area (TPSA) is 66.4 Å². The van der Waals surface area contributed by atoms with Crippen LogP contribution in [0.15, 0.2) is 24.3 Å². The van der Waals surface area contributed by atoms with Crippen molar-refractivity contribution in [3.8, 4) is 0 Å². The van der Waals surface area contributed by atoms with Crippen molar-refractivity contribution < 1.29 is 14.7 Å². The molecule has 1 amide bonds. The Labute approximate surface area is 138 Å². The Balaban J connectivity index is 2.03. The predicted octanol–water partition coefficient (Wildman–Crippen LogP) is 3.49. The summed E-state index contributed by atoms with van der Waals surface area (Å²) < 4.78 is 0. The van der Waals surface area contributed by atoms with Gasteiger partial charge in [-0.2, -0.15) is 0 Å². The van der Waals surface area contributed by atoms with E-state index in [1.165, 1.54) is 5.56 Å². The van der Waals surface area contributed by atoms with Crippen LogP contribution in [-0.2, 0) is 21.5 Å². The van der Waals surface area contributed by atoms with Gasteiger partial charge in [0, 0.05) is 5.92 Å². The molecular formula is C19H27NO3. The third-order valence-electron chi connectivity index (χ3n) is 4.91. The molecule has 1 aliphatic rings. The summed E-state index contributed by atoms with van der Waals surface area (Å²) >= 11 is 0. The number of carbonyl (C=O) groups is 2. The summed E-state index contributed by atoms with van der Waals surface area (Å²) in [6.07, 6.45) is 3.71. The lowest BCUT2D eigenvalue weighted by atomic mass is 9.80. The Morgan fingerprint density at radius 3 is 2.35 bits per heavy atom. The lowest BCUT2D eigenvalue weighted by Gasteiger charge is -2.32. The maximum Gasteiger partial charge on any atom is 0.306 e. The Bertz CT molecular complexity index is 562. The molecule has 0 heterocycles. The summed E-state index contributed by atoms with van der Waals surface area (Å²) in [4.78, 5) is 23.7. The first kappa shape index (κ1) is 17.5. The zero-order valence-electron chi connectivity index (χ0n) is 14.3. The third kappa shape index (κ3) is 4.34. The highest BCUT2D eigenvalue weighted by Crippen LogP contribution is 2.30. The van der Waals surface area contributed by atoms with E-state index in [2.05, 4.69) is 36.5 Å². The van der Waals surface area contributed by atoms with Crippen LogP contribution in [0.25, 0.3) is 0 Å². The third-order valence-corrected chi connectivity index (χ3v) is 4.91. The van der Waals surface area contributed by atoms with Crippen LogP contribution in [0.2, 0.25) is 0 Å². The lowest BCUT2D eigenvalue weighted by molar-refractivity contribution is -0.144. The van der Waals surface area contributed by atoms with Crippen LogP contribution in [0, 0.1) is 11.8 Å². The van der Waals surface area contributed by atoms with Gasteiger partial charge in [-0.05, 0) is 50.7 Å². The number of rotatable bonds is 5. The largest absolute Gasteiger partial charge is 0.481 e. The average molecular weight is 317 g/mol. The molecular weight excluding hydrogens is 290 g/mol. The summed E-state index contributed by atoms with van der Waals surface area (Å²) in [5, 5.41) is 12.3. The van der Waals surface area contributed by atoms with Crippen molar-refractivity contribution >= 4 is 11.9 Å². The van der Waals surface area contributed by atoms with Crippen LogP contribution >= 0.6 is 0 Å². The minimum atomic E-state index is -0.781. The highest BCUT2D eigenvalue weighted by atomic mass is 16.4. The molecule has 0 aromatic heterocycles. The molecule has 4 nitrogen and oxygen atoms in total. The highest BCUT2D eigenvalue weighted by molar-refractivity contribution is 5.81. The number of hydrogen-bond donors (Lipinski definition) is 2. The van der Waals surface area contributed by atoms with Gasteiger partial charge in [-0.25, -0.2) is 0 Å². The van der Waals surface area contributed by atoms with Crippen LogP contribution in [0.4, 0.5) is 0 Å². The summed E-state index contributed by atoms with van der Waals surface area (Å²) in [5.74, 6) is -1.39. The van der Waals surface area contributed by atoms with E-state index >= 15 is 0 Å². The van der Waals surface area contributed by atoms with Crippen molar-refractivity contribution in [3.05, 3.63) is 35.4 Å². The molecule has 2 atom stereocenters. The first-order valence-electron chi connectivity index (χ1n) is 8.47. The van der Waals surface area contributed by atoms with Crippen molar-refractivity contribution in [1.82, 2.24) is 5.32 Å². The van der Waals surface area contributed by atoms with Crippen molar-refractivity contribution in [2.75, 3.05) is 0 Å². The number of benzene rings is 1. The minimum absolute atomic E-state index is 0.0273. The maximum atomic E-state index is 12.6. The molecule has 1 aromatic rings. The zero-order chi connectivity index (χ0) is 17.0. The van der Waals surface area contributed by atoms with Gasteiger partial charge in [0.1, 0.15) is 0 Å². The molecule has 2 N–H and O–H groups in total. The number of hydrogen-bond acceptors (Lipinski definition) is 2. The first-order chi connectivity index (χ1) is 10.8. The van der Waals surface area contributed by atoms with Gasteiger partial charge in [-0.3, -0.25) is 9.59 Å². The second-order valence-electron chi connectivity index (χ2n) is 7.06. The molecule has 1 aromatic carbocycles. The predicted molar refractivity (Wildman–Crippen MR) is 90.1 cm³/mol. The number of amides is 1. The standard InChI is InChI=1S/C19H27NO3/c1-4-13-8-10-16(11-9-13)19(2,3)20-17(21)14-6-5-7-15(12-14)18(22)23/h8-11,14-15H,4-7,12H2,1-3H3,(H,20,21)(H,22,23). The fraction of sp³-hybridized carbons (Fsp3) is 0.579. The number of aliphatic carboxylic acids is 1.